The van der Waals surface area contributed by atoms with Gasteiger partial charge in [0, 0.05) is 18.5 Å². The van der Waals surface area contributed by atoms with Crippen molar-refractivity contribution in [1.82, 2.24) is 0 Å². The summed E-state index contributed by atoms with van der Waals surface area (Å²) in [6.07, 6.45) is 2.48. The first kappa shape index (κ1) is 12.5. The lowest BCUT2D eigenvalue weighted by atomic mass is 10.0. The molecule has 0 radical (unpaired) electrons. The molecule has 0 spiro atoms. The summed E-state index contributed by atoms with van der Waals surface area (Å²) in [6.45, 7) is 2.04. The Morgan fingerprint density at radius 2 is 2.00 bits per heavy atom. The van der Waals surface area contributed by atoms with Gasteiger partial charge in [-0.2, -0.15) is 0 Å². The molecule has 0 aliphatic carbocycles. The third kappa shape index (κ3) is 2.57. The highest BCUT2D eigenvalue weighted by molar-refractivity contribution is 5.91. The molecule has 0 amide bonds. The lowest BCUT2D eigenvalue weighted by Crippen LogP contribution is -2.16. The summed E-state index contributed by atoms with van der Waals surface area (Å²) in [7, 11) is 0. The highest BCUT2D eigenvalue weighted by Crippen LogP contribution is 2.29. The van der Waals surface area contributed by atoms with Crippen LogP contribution < -0.4 is 10.5 Å². The first-order chi connectivity index (χ1) is 9.38. The fourth-order valence-electron chi connectivity index (χ4n) is 2.60. The van der Waals surface area contributed by atoms with Crippen LogP contribution in [0.3, 0.4) is 0 Å². The van der Waals surface area contributed by atoms with E-state index in [9.17, 15) is 0 Å². The molecule has 2 aromatic rings. The molecule has 2 N–H and O–H groups in total. The van der Waals surface area contributed by atoms with Crippen molar-refractivity contribution in [2.45, 2.75) is 25.5 Å². The number of fused-ring (bicyclic) bond motifs is 1. The minimum atomic E-state index is 0.243. The minimum absolute atomic E-state index is 0.243. The van der Waals surface area contributed by atoms with Crippen LogP contribution >= 0.6 is 0 Å². The number of nitrogens with two attached hydrogens (primary N) is 1. The summed E-state index contributed by atoms with van der Waals surface area (Å²) < 4.78 is 11.5. The van der Waals surface area contributed by atoms with Crippen LogP contribution in [-0.2, 0) is 11.3 Å². The van der Waals surface area contributed by atoms with Gasteiger partial charge in [-0.1, -0.05) is 30.3 Å². The topological polar surface area (TPSA) is 44.5 Å². The highest BCUT2D eigenvalue weighted by atomic mass is 16.5. The minimum Gasteiger partial charge on any atom is -0.490 e. The number of rotatable bonds is 4. The Morgan fingerprint density at radius 1 is 1.16 bits per heavy atom. The maximum atomic E-state index is 5.94. The van der Waals surface area contributed by atoms with Crippen LogP contribution in [0.25, 0.3) is 10.8 Å². The van der Waals surface area contributed by atoms with Gasteiger partial charge in [0.05, 0.1) is 6.10 Å². The predicted octanol–water partition coefficient (Wildman–Crippen LogP) is 2.86. The Bertz CT molecular complexity index is 562. The van der Waals surface area contributed by atoms with Gasteiger partial charge in [-0.15, -0.1) is 0 Å². The molecule has 0 bridgehead atoms. The summed E-state index contributed by atoms with van der Waals surface area (Å²) in [5, 5.41) is 2.30. The number of hydrogen-bond acceptors (Lipinski definition) is 3. The van der Waals surface area contributed by atoms with E-state index in [1.165, 1.54) is 5.39 Å². The maximum absolute atomic E-state index is 5.94. The van der Waals surface area contributed by atoms with Gasteiger partial charge in [-0.3, -0.25) is 0 Å². The van der Waals surface area contributed by atoms with E-state index in [0.717, 1.165) is 36.1 Å². The third-order valence-electron chi connectivity index (χ3n) is 3.64. The van der Waals surface area contributed by atoms with Crippen molar-refractivity contribution in [3.63, 3.8) is 0 Å². The lowest BCUT2D eigenvalue weighted by molar-refractivity contribution is 0.0685. The molecule has 19 heavy (non-hydrogen) atoms. The lowest BCUT2D eigenvalue weighted by Gasteiger charge is -2.14. The smallest absolute Gasteiger partial charge is 0.127 e. The maximum Gasteiger partial charge on any atom is 0.127 e. The molecule has 1 saturated heterocycles. The van der Waals surface area contributed by atoms with Gasteiger partial charge in [0.25, 0.3) is 0 Å². The van der Waals surface area contributed by atoms with E-state index in [-0.39, 0.29) is 6.10 Å². The van der Waals surface area contributed by atoms with Crippen LogP contribution in [0.15, 0.2) is 36.4 Å². The van der Waals surface area contributed by atoms with Gasteiger partial charge < -0.3 is 15.2 Å². The second-order valence-electron chi connectivity index (χ2n) is 4.92. The molecule has 1 aliphatic rings. The van der Waals surface area contributed by atoms with E-state index in [1.54, 1.807) is 0 Å². The van der Waals surface area contributed by atoms with E-state index < -0.39 is 0 Å². The zero-order valence-corrected chi connectivity index (χ0v) is 11.0. The van der Waals surface area contributed by atoms with Crippen molar-refractivity contribution in [2.75, 3.05) is 13.2 Å². The van der Waals surface area contributed by atoms with E-state index in [0.29, 0.717) is 13.2 Å². The van der Waals surface area contributed by atoms with E-state index in [1.807, 2.05) is 24.3 Å². The first-order valence-corrected chi connectivity index (χ1v) is 6.83. The van der Waals surface area contributed by atoms with Crippen LogP contribution in [0, 0.1) is 0 Å². The highest BCUT2D eigenvalue weighted by Gasteiger charge is 2.16. The normalized spacial score (nSPS) is 18.9. The number of ether oxygens (including phenoxy) is 2. The van der Waals surface area contributed by atoms with Crippen molar-refractivity contribution >= 4 is 10.8 Å². The molecule has 3 heteroatoms. The van der Waals surface area contributed by atoms with Crippen LogP contribution in [0.2, 0.25) is 0 Å². The second-order valence-corrected chi connectivity index (χ2v) is 4.92. The Hall–Kier alpha value is -1.58. The average molecular weight is 257 g/mol. The number of benzene rings is 2. The molecule has 0 aromatic heterocycles. The van der Waals surface area contributed by atoms with Crippen molar-refractivity contribution < 1.29 is 9.47 Å². The largest absolute Gasteiger partial charge is 0.490 e. The Kier molecular flexibility index (Phi) is 3.67. The van der Waals surface area contributed by atoms with Crippen molar-refractivity contribution in [2.24, 2.45) is 5.73 Å². The second kappa shape index (κ2) is 5.59. The standard InChI is InChI=1S/C16H19NO2/c17-10-12-7-8-16(15-6-2-1-5-14(12)15)19-11-13-4-3-9-18-13/h1-2,5-8,13H,3-4,9-11,17H2. The quantitative estimate of drug-likeness (QED) is 0.916. The van der Waals surface area contributed by atoms with Crippen LogP contribution in [-0.4, -0.2) is 19.3 Å². The Morgan fingerprint density at radius 3 is 2.74 bits per heavy atom. The van der Waals surface area contributed by atoms with Crippen LogP contribution in [0.1, 0.15) is 18.4 Å². The molecule has 3 nitrogen and oxygen atoms in total. The molecule has 3 rings (SSSR count). The van der Waals surface area contributed by atoms with E-state index >= 15 is 0 Å². The first-order valence-electron chi connectivity index (χ1n) is 6.83. The van der Waals surface area contributed by atoms with Crippen LogP contribution in [0.5, 0.6) is 5.75 Å². The zero-order valence-electron chi connectivity index (χ0n) is 11.0. The predicted molar refractivity (Wildman–Crippen MR) is 76.3 cm³/mol. The van der Waals surface area contributed by atoms with Gasteiger partial charge in [0.15, 0.2) is 0 Å². The molecular weight excluding hydrogens is 238 g/mol. The molecule has 1 fully saturated rings. The molecule has 100 valence electrons. The summed E-state index contributed by atoms with van der Waals surface area (Å²) >= 11 is 0. The summed E-state index contributed by atoms with van der Waals surface area (Å²) in [5.41, 5.74) is 6.93. The number of hydrogen-bond donors (Lipinski definition) is 1. The molecular formula is C16H19NO2. The molecule has 1 atom stereocenters. The fraction of sp³-hybridized carbons (Fsp3) is 0.375. The van der Waals surface area contributed by atoms with Crippen LogP contribution in [0.4, 0.5) is 0 Å². The molecule has 1 unspecified atom stereocenters. The molecule has 1 heterocycles. The Labute approximate surface area is 113 Å². The van der Waals surface area contributed by atoms with Gasteiger partial charge in [0.2, 0.25) is 0 Å². The fourth-order valence-corrected chi connectivity index (χ4v) is 2.60. The van der Waals surface area contributed by atoms with Crippen molar-refractivity contribution in [3.8, 4) is 5.75 Å². The van der Waals surface area contributed by atoms with E-state index in [4.69, 9.17) is 15.2 Å². The molecule has 0 saturated carbocycles. The summed E-state index contributed by atoms with van der Waals surface area (Å²) in [4.78, 5) is 0. The van der Waals surface area contributed by atoms with Gasteiger partial charge in [-0.25, -0.2) is 0 Å². The van der Waals surface area contributed by atoms with Crippen molar-refractivity contribution in [3.05, 3.63) is 42.0 Å². The molecule has 2 aromatic carbocycles. The third-order valence-corrected chi connectivity index (χ3v) is 3.64. The average Bonchev–Trinajstić information content (AvgIpc) is 2.98. The van der Waals surface area contributed by atoms with Crippen molar-refractivity contribution in [1.29, 1.82) is 0 Å². The van der Waals surface area contributed by atoms with Gasteiger partial charge in [0.1, 0.15) is 12.4 Å². The zero-order chi connectivity index (χ0) is 13.1. The molecule has 1 aliphatic heterocycles. The summed E-state index contributed by atoms with van der Waals surface area (Å²) in [6, 6.07) is 12.3. The SMILES string of the molecule is NCc1ccc(OCC2CCCO2)c2ccccc12. The van der Waals surface area contributed by atoms with Gasteiger partial charge in [-0.05, 0) is 29.9 Å². The van der Waals surface area contributed by atoms with E-state index in [2.05, 4.69) is 12.1 Å². The van der Waals surface area contributed by atoms with Gasteiger partial charge >= 0.3 is 0 Å². The monoisotopic (exact) mass is 257 g/mol. The summed E-state index contributed by atoms with van der Waals surface area (Å²) in [5.74, 6) is 0.920. The Balaban J connectivity index is 1.86.